The van der Waals surface area contributed by atoms with Gasteiger partial charge in [0.2, 0.25) is 0 Å². The van der Waals surface area contributed by atoms with E-state index < -0.39 is 60.4 Å². The molecule has 11 rings (SSSR count). The Morgan fingerprint density at radius 2 is 1.32 bits per heavy atom. The van der Waals surface area contributed by atoms with Gasteiger partial charge in [0.25, 0.3) is 0 Å². The van der Waals surface area contributed by atoms with Crippen LogP contribution in [0.1, 0.15) is 72.8 Å². The summed E-state index contributed by atoms with van der Waals surface area (Å²) >= 11 is 0. The maximum atomic E-state index is 9.15. The summed E-state index contributed by atoms with van der Waals surface area (Å²) in [5, 5.41) is 2.07. The first kappa shape index (κ1) is 31.0. The Hall–Kier alpha value is -5.90. The van der Waals surface area contributed by atoms with E-state index in [1.54, 1.807) is 18.2 Å². The molecule has 6 aromatic carbocycles. The molecule has 2 fully saturated rings. The summed E-state index contributed by atoms with van der Waals surface area (Å²) in [6.45, 7) is 14.9. The molecule has 6 heteroatoms. The summed E-state index contributed by atoms with van der Waals surface area (Å²) in [5.74, 6) is 1.81. The van der Waals surface area contributed by atoms with Crippen LogP contribution in [0.4, 0.5) is 11.4 Å². The molecule has 2 aliphatic carbocycles. The summed E-state index contributed by atoms with van der Waals surface area (Å²) in [6, 6.07) is 27.5. The van der Waals surface area contributed by atoms with Gasteiger partial charge >= 0.3 is 0 Å². The molecule has 8 aromatic rings. The molecule has 0 spiro atoms. The molecule has 1 aliphatic heterocycles. The van der Waals surface area contributed by atoms with Crippen molar-refractivity contribution in [3.8, 4) is 39.6 Å². The van der Waals surface area contributed by atoms with Crippen molar-refractivity contribution in [2.24, 2.45) is 11.8 Å². The van der Waals surface area contributed by atoms with E-state index in [1.165, 1.54) is 0 Å². The molecule has 0 N–H and O–H groups in total. The van der Waals surface area contributed by atoms with Crippen LogP contribution in [-0.4, -0.2) is 21.6 Å². The van der Waals surface area contributed by atoms with Crippen LogP contribution >= 0.6 is 0 Å². The Morgan fingerprint density at radius 1 is 0.667 bits per heavy atom. The molecule has 3 aliphatic rings. The van der Waals surface area contributed by atoms with Crippen molar-refractivity contribution in [3.05, 3.63) is 188 Å². The minimum absolute atomic E-state index is 0. The van der Waals surface area contributed by atoms with Crippen molar-refractivity contribution in [1.29, 1.82) is 0 Å². The topological polar surface area (TPSA) is 33.5 Å². The Bertz CT molecular complexity index is 3470. The van der Waals surface area contributed by atoms with Gasteiger partial charge in [-0.15, -0.1) is 47.0 Å². The average molecular weight is 1010 g/mol. The van der Waals surface area contributed by atoms with Crippen LogP contribution in [0.2, 0.25) is 0 Å². The summed E-state index contributed by atoms with van der Waals surface area (Å²) in [6.07, 6.45) is 7.09. The van der Waals surface area contributed by atoms with Crippen molar-refractivity contribution in [2.75, 3.05) is 9.80 Å². The van der Waals surface area contributed by atoms with Crippen molar-refractivity contribution in [1.82, 2.24) is 9.55 Å². The molecular formula is C57H51N4OPt-3. The predicted molar refractivity (Wildman–Crippen MR) is 255 cm³/mol. The zero-order valence-electron chi connectivity index (χ0n) is 45.8. The first-order valence-corrected chi connectivity index (χ1v) is 21.2. The minimum Gasteiger partial charge on any atom is -0.519 e. The SMILES string of the molecule is [2H]c1c([2H])c([2H])c(-c2cccc(-c3c([2H])c([2H])c([2H])c([2H])c3[2H])c2N2[CH-]N(c3[c-]c(Oc4[c-]c5c(cc4)c4ccccc4n5-c4cc(C(C)(C)C)ccn4)cc(C(C)(C)C)c3)[C@@H]3C2C2C=C[C@@H]3C2)c([2H])c1[2H].[Pt]. The van der Waals surface area contributed by atoms with Gasteiger partial charge in [0, 0.05) is 73.2 Å². The van der Waals surface area contributed by atoms with Crippen LogP contribution in [0.3, 0.4) is 0 Å². The van der Waals surface area contributed by atoms with E-state index in [1.807, 2.05) is 42.0 Å². The Balaban J connectivity index is 0.00000611. The second-order valence-corrected chi connectivity index (χ2v) is 18.6. The third kappa shape index (κ3) is 7.19. The third-order valence-corrected chi connectivity index (χ3v) is 12.7. The van der Waals surface area contributed by atoms with Crippen molar-refractivity contribution in [2.45, 2.75) is 70.9 Å². The Labute approximate surface area is 400 Å². The van der Waals surface area contributed by atoms with E-state index in [-0.39, 0.29) is 78.1 Å². The van der Waals surface area contributed by atoms with Gasteiger partial charge < -0.3 is 19.1 Å². The number of pyridine rings is 1. The van der Waals surface area contributed by atoms with E-state index in [2.05, 4.69) is 112 Å². The van der Waals surface area contributed by atoms with Crippen LogP contribution < -0.4 is 14.5 Å². The largest absolute Gasteiger partial charge is 0.519 e. The van der Waals surface area contributed by atoms with Crippen LogP contribution in [0.25, 0.3) is 49.9 Å². The summed E-state index contributed by atoms with van der Waals surface area (Å²) in [4.78, 5) is 9.06. The molecule has 63 heavy (non-hydrogen) atoms. The number of nitrogens with zero attached hydrogens (tertiary/aromatic N) is 4. The molecule has 2 aromatic heterocycles. The fraction of sp³-hybridized carbons (Fsp3) is 0.228. The number of rotatable bonds is 7. The average Bonchev–Trinajstić information content (AvgIpc) is 4.15. The van der Waals surface area contributed by atoms with Gasteiger partial charge in [-0.25, -0.2) is 4.98 Å². The van der Waals surface area contributed by atoms with Crippen LogP contribution in [-0.2, 0) is 31.9 Å². The normalized spacial score (nSPS) is 21.4. The number of para-hydroxylation sites is 2. The standard InChI is InChI=1S/C57H51N4O.Pt/c1-56(2,3)41-28-29-58-52(33-41)61-50-23-14-13-20-48(50)49-27-26-44(35-51(49)61)62-45-32-42(57(4,5)6)31-43(34-45)59-36-60(54-40-25-24-39(30-40)53(54)59)55-46(37-16-9-7-10-17-37)21-15-22-47(55)38-18-11-8-12-19-38;/h7-29,31-33,36,39-40,53-54H,30H2,1-6H3;/q-3;/t39-,40?,53+,54?;/m1./s1/i7D,8D,9D,10D,11D,12D,16D,17D,18D,19D;. The molecule has 5 nitrogen and oxygen atoms in total. The number of benzene rings is 6. The fourth-order valence-electron chi connectivity index (χ4n) is 9.68. The van der Waals surface area contributed by atoms with Gasteiger partial charge in [-0.2, -0.15) is 12.7 Å². The number of hydrogen-bond donors (Lipinski definition) is 0. The monoisotopic (exact) mass is 1010 g/mol. The molecule has 318 valence electrons. The van der Waals surface area contributed by atoms with Crippen molar-refractivity contribution in [3.63, 3.8) is 0 Å². The molecule has 1 saturated heterocycles. The predicted octanol–water partition coefficient (Wildman–Crippen LogP) is 13.9. The number of anilines is 2. The second-order valence-electron chi connectivity index (χ2n) is 18.6. The number of hydrogen-bond acceptors (Lipinski definition) is 4. The van der Waals surface area contributed by atoms with Gasteiger partial charge in [-0.3, -0.25) is 0 Å². The molecule has 1 saturated carbocycles. The molecule has 4 atom stereocenters. The number of aromatic nitrogens is 2. The van der Waals surface area contributed by atoms with Gasteiger partial charge in [0.1, 0.15) is 5.82 Å². The van der Waals surface area contributed by atoms with Gasteiger partial charge in [-0.05, 0) is 69.4 Å². The van der Waals surface area contributed by atoms with E-state index in [9.17, 15) is 0 Å². The molecule has 2 bridgehead atoms. The Kier molecular flexibility index (Phi) is 7.74. The first-order valence-electron chi connectivity index (χ1n) is 26.2. The fourth-order valence-corrected chi connectivity index (χ4v) is 9.68. The zero-order chi connectivity index (χ0) is 51.0. The van der Waals surface area contributed by atoms with E-state index in [4.69, 9.17) is 23.4 Å². The van der Waals surface area contributed by atoms with E-state index in [0.29, 0.717) is 22.9 Å². The van der Waals surface area contributed by atoms with E-state index >= 15 is 0 Å². The van der Waals surface area contributed by atoms with E-state index in [0.717, 1.165) is 45.2 Å². The van der Waals surface area contributed by atoms with Crippen LogP contribution in [0.15, 0.2) is 158 Å². The van der Waals surface area contributed by atoms with Crippen molar-refractivity contribution >= 4 is 33.2 Å². The number of fused-ring (bicyclic) bond motifs is 8. The first-order chi connectivity index (χ1) is 34.1. The molecular weight excluding hydrogens is 952 g/mol. The summed E-state index contributed by atoms with van der Waals surface area (Å²) < 4.78 is 97.1. The van der Waals surface area contributed by atoms with Crippen molar-refractivity contribution < 1.29 is 39.5 Å². The van der Waals surface area contributed by atoms with Gasteiger partial charge in [-0.1, -0.05) is 156 Å². The molecule has 0 amide bonds. The maximum Gasteiger partial charge on any atom is 0.135 e. The molecule has 3 heterocycles. The molecule has 2 unspecified atom stereocenters. The van der Waals surface area contributed by atoms with Crippen LogP contribution in [0.5, 0.6) is 11.5 Å². The van der Waals surface area contributed by atoms with Gasteiger partial charge in [0.15, 0.2) is 0 Å². The number of ether oxygens (including phenoxy) is 1. The molecule has 0 radical (unpaired) electrons. The second kappa shape index (κ2) is 15.7. The van der Waals surface area contributed by atoms with Crippen LogP contribution in [0, 0.1) is 30.6 Å². The zero-order valence-corrected chi connectivity index (χ0v) is 38.1. The maximum absolute atomic E-state index is 9.15. The smallest absolute Gasteiger partial charge is 0.135 e. The quantitative estimate of drug-likeness (QED) is 0.118. The minimum atomic E-state index is -0.538. The van der Waals surface area contributed by atoms with Gasteiger partial charge in [0.05, 0.1) is 13.7 Å². The summed E-state index contributed by atoms with van der Waals surface area (Å²) in [5.41, 5.74) is 4.97. The Morgan fingerprint density at radius 3 is 1.98 bits per heavy atom. The third-order valence-electron chi connectivity index (χ3n) is 12.7. The summed E-state index contributed by atoms with van der Waals surface area (Å²) in [7, 11) is 0.